The van der Waals surface area contributed by atoms with Gasteiger partial charge in [0.05, 0.1) is 12.1 Å². The summed E-state index contributed by atoms with van der Waals surface area (Å²) in [7, 11) is 0.861. The molecule has 1 N–H and O–H groups in total. The van der Waals surface area contributed by atoms with Crippen molar-refractivity contribution in [1.29, 1.82) is 0 Å². The molecule has 0 fully saturated rings. The molecule has 1 aromatic carbocycles. The second-order valence-electron chi connectivity index (χ2n) is 4.46. The highest BCUT2D eigenvalue weighted by atomic mass is 31.1. The van der Waals surface area contributed by atoms with E-state index in [9.17, 15) is 26.7 Å². The van der Waals surface area contributed by atoms with Gasteiger partial charge in [-0.25, -0.2) is 13.2 Å². The van der Waals surface area contributed by atoms with Gasteiger partial charge in [-0.15, -0.1) is 0 Å². The molecule has 0 radical (unpaired) electrons. The number of benzene rings is 1. The first-order chi connectivity index (χ1) is 10.7. The van der Waals surface area contributed by atoms with Gasteiger partial charge in [0, 0.05) is 7.11 Å². The second-order valence-corrected chi connectivity index (χ2v) is 5.15. The Hall–Kier alpha value is -1.31. The number of nitrogens with one attached hydrogen (secondary N) is 1. The number of hydrogen-bond donors (Lipinski definition) is 1. The van der Waals surface area contributed by atoms with E-state index in [-0.39, 0.29) is 0 Å². The van der Waals surface area contributed by atoms with Gasteiger partial charge in [-0.05, 0) is 20.8 Å². The Balaban J connectivity index is 0.000000841. The van der Waals surface area contributed by atoms with Crippen molar-refractivity contribution in [2.24, 2.45) is 0 Å². The Morgan fingerprint density at radius 1 is 0.957 bits per heavy atom. The molecule has 0 bridgehead atoms. The number of halogens is 5. The van der Waals surface area contributed by atoms with Crippen LogP contribution in [0.2, 0.25) is 0 Å². The van der Waals surface area contributed by atoms with Crippen LogP contribution >= 0.6 is 8.96 Å². The van der Waals surface area contributed by atoms with Crippen LogP contribution in [0.3, 0.4) is 0 Å². The molecule has 0 aromatic heterocycles. The third-order valence-electron chi connectivity index (χ3n) is 2.28. The third-order valence-corrected chi connectivity index (χ3v) is 3.16. The maximum absolute atomic E-state index is 13.1. The van der Waals surface area contributed by atoms with Crippen molar-refractivity contribution in [2.45, 2.75) is 32.9 Å². The van der Waals surface area contributed by atoms with Gasteiger partial charge in [-0.1, -0.05) is 0 Å². The maximum atomic E-state index is 13.1. The van der Waals surface area contributed by atoms with E-state index in [4.69, 9.17) is 4.74 Å². The van der Waals surface area contributed by atoms with Gasteiger partial charge >= 0.3 is 0 Å². The molecular weight excluding hydrogens is 344 g/mol. The Morgan fingerprint density at radius 3 is 1.70 bits per heavy atom. The summed E-state index contributed by atoms with van der Waals surface area (Å²) < 4.78 is 73.4. The molecule has 132 valence electrons. The fourth-order valence-electron chi connectivity index (χ4n) is 0.882. The van der Waals surface area contributed by atoms with Crippen molar-refractivity contribution in [3.63, 3.8) is 0 Å². The summed E-state index contributed by atoms with van der Waals surface area (Å²) in [6.45, 7) is 5.42. The smallest absolute Gasteiger partial charge is 0.207 e. The van der Waals surface area contributed by atoms with Gasteiger partial charge in [0.25, 0.3) is 0 Å². The molecule has 4 nitrogen and oxygen atoms in total. The molecule has 2 atom stereocenters. The first kappa shape index (κ1) is 21.7. The highest BCUT2D eigenvalue weighted by Crippen LogP contribution is 2.31. The van der Waals surface area contributed by atoms with Crippen LogP contribution in [0.15, 0.2) is 0 Å². The summed E-state index contributed by atoms with van der Waals surface area (Å²) in [6.07, 6.45) is 0.865. The van der Waals surface area contributed by atoms with E-state index >= 15 is 0 Å². The lowest BCUT2D eigenvalue weighted by atomic mass is 10.3. The van der Waals surface area contributed by atoms with Crippen LogP contribution < -0.4 is 9.61 Å². The molecule has 1 rings (SSSR count). The highest BCUT2D eigenvalue weighted by molar-refractivity contribution is 7.30. The van der Waals surface area contributed by atoms with Crippen molar-refractivity contribution in [1.82, 2.24) is 5.09 Å². The van der Waals surface area contributed by atoms with E-state index < -0.39 is 49.8 Å². The first-order valence-electron chi connectivity index (χ1n) is 6.34. The molecule has 0 aliphatic rings. The largest absolute Gasteiger partial charge is 0.455 e. The fraction of sp³-hybridized carbons (Fsp3) is 0.462. The average Bonchev–Trinajstić information content (AvgIpc) is 2.54. The highest BCUT2D eigenvalue weighted by Gasteiger charge is 2.27. The van der Waals surface area contributed by atoms with Crippen LogP contribution in [-0.4, -0.2) is 25.5 Å². The molecule has 0 aliphatic carbocycles. The minimum absolute atomic E-state index is 0.384. The minimum Gasteiger partial charge on any atom is -0.455 e. The van der Waals surface area contributed by atoms with Gasteiger partial charge in [0.2, 0.25) is 34.8 Å². The Labute approximate surface area is 132 Å². The molecular formula is C13H17F5NO3P. The van der Waals surface area contributed by atoms with Crippen LogP contribution in [0, 0.1) is 29.1 Å². The number of rotatable bonds is 6. The average molecular weight is 361 g/mol. The zero-order chi connectivity index (χ0) is 18.2. The predicted molar refractivity (Wildman–Crippen MR) is 76.0 cm³/mol. The summed E-state index contributed by atoms with van der Waals surface area (Å²) in [5.41, 5.74) is 0. The van der Waals surface area contributed by atoms with Gasteiger partial charge in [0.15, 0.2) is 0 Å². The molecule has 2 unspecified atom stereocenters. The molecule has 1 aromatic rings. The van der Waals surface area contributed by atoms with Crippen molar-refractivity contribution in [2.75, 3.05) is 7.11 Å². The molecule has 0 saturated carbocycles. The molecule has 0 spiro atoms. The summed E-state index contributed by atoms with van der Waals surface area (Å²) in [5, 5.41) is 2.35. The van der Waals surface area contributed by atoms with Gasteiger partial charge in [-0.2, -0.15) is 8.78 Å². The summed E-state index contributed by atoms with van der Waals surface area (Å²) in [4.78, 5) is 10.2. The van der Waals surface area contributed by atoms with Crippen LogP contribution in [0.1, 0.15) is 20.8 Å². The molecule has 0 heterocycles. The molecule has 10 heteroatoms. The Bertz CT molecular complexity index is 502. The van der Waals surface area contributed by atoms with Crippen molar-refractivity contribution >= 4 is 15.2 Å². The number of carbonyl (C=O) groups excluding carboxylic acids is 1. The van der Waals surface area contributed by atoms with Gasteiger partial charge < -0.3 is 14.1 Å². The van der Waals surface area contributed by atoms with E-state index in [1.165, 1.54) is 6.92 Å². The van der Waals surface area contributed by atoms with Crippen molar-refractivity contribution < 1.29 is 36.0 Å². The lowest BCUT2D eigenvalue weighted by molar-refractivity contribution is -0.108. The van der Waals surface area contributed by atoms with E-state index in [2.05, 4.69) is 9.61 Å². The van der Waals surface area contributed by atoms with Crippen molar-refractivity contribution in [3.05, 3.63) is 29.1 Å². The topological polar surface area (TPSA) is 47.6 Å². The third kappa shape index (κ3) is 6.76. The van der Waals surface area contributed by atoms with E-state index in [1.54, 1.807) is 7.11 Å². The lowest BCUT2D eigenvalue weighted by Crippen LogP contribution is -2.20. The number of carbonyl (C=O) groups is 1. The molecule has 23 heavy (non-hydrogen) atoms. The van der Waals surface area contributed by atoms with Gasteiger partial charge in [0.1, 0.15) is 15.2 Å². The quantitative estimate of drug-likeness (QED) is 0.277. The number of aldehydes is 1. The number of hydrogen-bond acceptors (Lipinski definition) is 4. The maximum Gasteiger partial charge on any atom is 0.207 e. The number of methoxy groups -OCH3 is 1. The molecule has 0 saturated heterocycles. The lowest BCUT2D eigenvalue weighted by Gasteiger charge is -2.11. The zero-order valence-electron chi connectivity index (χ0n) is 12.8. The molecule has 0 aliphatic heterocycles. The van der Waals surface area contributed by atoms with Gasteiger partial charge in [-0.3, -0.25) is 5.09 Å². The van der Waals surface area contributed by atoms with E-state index in [0.29, 0.717) is 12.4 Å². The minimum atomic E-state index is -2.25. The summed E-state index contributed by atoms with van der Waals surface area (Å²) in [6, 6.07) is -0.676. The second kappa shape index (κ2) is 10.5. The first-order valence-corrected chi connectivity index (χ1v) is 7.25. The standard InChI is InChI=1S/C9H7F5NO2P.C4H10O/c1-3(2-16)15-18-17-9-7(13)5(11)4(10)6(12)8(9)14;1-4(2)5-3/h2-3,15,18H,1H3;4H,1-3H3. The van der Waals surface area contributed by atoms with Crippen LogP contribution in [-0.2, 0) is 9.53 Å². The fourth-order valence-corrected chi connectivity index (χ4v) is 1.48. The normalized spacial score (nSPS) is 12.3. The summed E-state index contributed by atoms with van der Waals surface area (Å²) >= 11 is 0. The van der Waals surface area contributed by atoms with E-state index in [0.717, 1.165) is 0 Å². The summed E-state index contributed by atoms with van der Waals surface area (Å²) in [5.74, 6) is -11.9. The zero-order valence-corrected chi connectivity index (χ0v) is 13.8. The molecule has 0 amide bonds. The van der Waals surface area contributed by atoms with Crippen LogP contribution in [0.25, 0.3) is 0 Å². The monoisotopic (exact) mass is 361 g/mol. The number of ether oxygens (including phenoxy) is 1. The Kier molecular flexibility index (Phi) is 9.87. The SMILES string of the molecule is CC(C=O)NPOc1c(F)c(F)c(F)c(F)c1F.COC(C)C. The van der Waals surface area contributed by atoms with Crippen LogP contribution in [0.5, 0.6) is 5.75 Å². The van der Waals surface area contributed by atoms with Crippen LogP contribution in [0.4, 0.5) is 22.0 Å². The van der Waals surface area contributed by atoms with E-state index in [1.807, 2.05) is 13.8 Å². The Morgan fingerprint density at radius 2 is 1.35 bits per heavy atom. The predicted octanol–water partition coefficient (Wildman–Crippen LogP) is 3.49. The van der Waals surface area contributed by atoms with Crippen molar-refractivity contribution in [3.8, 4) is 5.75 Å².